The van der Waals surface area contributed by atoms with Gasteiger partial charge in [-0.25, -0.2) is 4.98 Å². The molecule has 1 saturated heterocycles. The van der Waals surface area contributed by atoms with Crippen LogP contribution in [0.1, 0.15) is 34.2 Å². The molecular formula is C18H20N4O. The number of H-pyrrole nitrogens is 1. The summed E-state index contributed by atoms with van der Waals surface area (Å²) in [6.07, 6.45) is 4.76. The molecule has 118 valence electrons. The van der Waals surface area contributed by atoms with Gasteiger partial charge < -0.3 is 14.5 Å². The number of carbonyl (C=O) groups excluding carboxylic acids is 1. The molecule has 2 aromatic heterocycles. The van der Waals surface area contributed by atoms with E-state index in [4.69, 9.17) is 0 Å². The van der Waals surface area contributed by atoms with Gasteiger partial charge in [-0.2, -0.15) is 0 Å². The van der Waals surface area contributed by atoms with Crippen molar-refractivity contribution >= 4 is 16.8 Å². The van der Waals surface area contributed by atoms with Crippen molar-refractivity contribution in [3.05, 3.63) is 53.7 Å². The highest BCUT2D eigenvalue weighted by Crippen LogP contribution is 2.28. The molecule has 4 rings (SSSR count). The number of benzene rings is 1. The highest BCUT2D eigenvalue weighted by atomic mass is 16.2. The molecule has 3 aromatic rings. The number of aromatic nitrogens is 3. The fourth-order valence-corrected chi connectivity index (χ4v) is 3.49. The van der Waals surface area contributed by atoms with Gasteiger partial charge in [-0.05, 0) is 19.4 Å². The Hall–Kier alpha value is -2.56. The molecule has 23 heavy (non-hydrogen) atoms. The molecule has 1 fully saturated rings. The van der Waals surface area contributed by atoms with Crippen molar-refractivity contribution in [3.63, 3.8) is 0 Å². The first-order chi connectivity index (χ1) is 11.1. The molecule has 3 heterocycles. The second-order valence-corrected chi connectivity index (χ2v) is 6.36. The number of aryl methyl sites for hydroxylation is 2. The summed E-state index contributed by atoms with van der Waals surface area (Å²) in [4.78, 5) is 22.6. The van der Waals surface area contributed by atoms with Gasteiger partial charge in [-0.3, -0.25) is 4.79 Å². The zero-order valence-corrected chi connectivity index (χ0v) is 13.4. The topological polar surface area (TPSA) is 53.9 Å². The summed E-state index contributed by atoms with van der Waals surface area (Å²) in [7, 11) is 1.98. The summed E-state index contributed by atoms with van der Waals surface area (Å²) in [6.45, 7) is 3.52. The summed E-state index contributed by atoms with van der Waals surface area (Å²) < 4.78 is 2.02. The third kappa shape index (κ3) is 2.32. The number of para-hydroxylation sites is 1. The largest absolute Gasteiger partial charge is 0.350 e. The van der Waals surface area contributed by atoms with E-state index in [1.54, 1.807) is 0 Å². The number of imidazole rings is 1. The van der Waals surface area contributed by atoms with Crippen molar-refractivity contribution < 1.29 is 4.79 Å². The highest BCUT2D eigenvalue weighted by Gasteiger charge is 2.30. The molecule has 1 unspecified atom stereocenters. The minimum absolute atomic E-state index is 0.118. The normalized spacial score (nSPS) is 18.0. The van der Waals surface area contributed by atoms with E-state index in [-0.39, 0.29) is 5.91 Å². The number of nitrogens with one attached hydrogen (secondary N) is 1. The predicted molar refractivity (Wildman–Crippen MR) is 89.5 cm³/mol. The van der Waals surface area contributed by atoms with Crippen molar-refractivity contribution in [2.75, 3.05) is 13.1 Å². The maximum Gasteiger partial charge on any atom is 0.256 e. The SMILES string of the molecule is Cc1cnc(C2CCN(C(=O)c3cn(C)c4ccccc34)C2)[nH]1. The number of hydrogen-bond acceptors (Lipinski definition) is 2. The Morgan fingerprint density at radius 2 is 2.17 bits per heavy atom. The van der Waals surface area contributed by atoms with Crippen molar-refractivity contribution in [1.82, 2.24) is 19.4 Å². The van der Waals surface area contributed by atoms with Crippen molar-refractivity contribution in [1.29, 1.82) is 0 Å². The predicted octanol–water partition coefficient (Wildman–Crippen LogP) is 2.84. The van der Waals surface area contributed by atoms with Crippen molar-refractivity contribution in [2.45, 2.75) is 19.3 Å². The Labute approximate surface area is 134 Å². The Balaban J connectivity index is 1.60. The molecule has 5 heteroatoms. The van der Waals surface area contributed by atoms with Crippen LogP contribution >= 0.6 is 0 Å². The number of nitrogens with zero attached hydrogens (tertiary/aromatic N) is 3. The number of carbonyl (C=O) groups is 1. The Bertz CT molecular complexity index is 876. The second-order valence-electron chi connectivity index (χ2n) is 6.36. The molecule has 0 radical (unpaired) electrons. The van der Waals surface area contributed by atoms with Gasteiger partial charge in [0, 0.05) is 55.0 Å². The lowest BCUT2D eigenvalue weighted by molar-refractivity contribution is 0.0792. The van der Waals surface area contributed by atoms with Gasteiger partial charge in [0.05, 0.1) is 5.56 Å². The molecule has 5 nitrogen and oxygen atoms in total. The summed E-state index contributed by atoms with van der Waals surface area (Å²) in [5.41, 5.74) is 2.95. The van der Waals surface area contributed by atoms with Gasteiger partial charge in [0.2, 0.25) is 0 Å². The molecule has 1 amide bonds. The first kappa shape index (κ1) is 14.1. The summed E-state index contributed by atoms with van der Waals surface area (Å²) >= 11 is 0. The summed E-state index contributed by atoms with van der Waals surface area (Å²) in [5, 5.41) is 1.03. The molecule has 1 N–H and O–H groups in total. The molecule has 0 bridgehead atoms. The van der Waals surface area contributed by atoms with Gasteiger partial charge in [0.15, 0.2) is 0 Å². The average molecular weight is 308 g/mol. The van der Waals surface area contributed by atoms with Gasteiger partial charge >= 0.3 is 0 Å². The number of rotatable bonds is 2. The van der Waals surface area contributed by atoms with Gasteiger partial charge in [0.1, 0.15) is 5.82 Å². The summed E-state index contributed by atoms with van der Waals surface area (Å²) in [5.74, 6) is 1.42. The monoisotopic (exact) mass is 308 g/mol. The number of amides is 1. The Morgan fingerprint density at radius 1 is 1.35 bits per heavy atom. The van der Waals surface area contributed by atoms with Crippen LogP contribution in [0.3, 0.4) is 0 Å². The minimum atomic E-state index is 0.118. The molecule has 1 atom stereocenters. The fraction of sp³-hybridized carbons (Fsp3) is 0.333. The quantitative estimate of drug-likeness (QED) is 0.791. The first-order valence-corrected chi connectivity index (χ1v) is 7.98. The van der Waals surface area contributed by atoms with E-state index in [2.05, 4.69) is 9.97 Å². The van der Waals surface area contributed by atoms with E-state index in [9.17, 15) is 4.79 Å². The van der Waals surface area contributed by atoms with Crippen LogP contribution in [0.25, 0.3) is 10.9 Å². The van der Waals surface area contributed by atoms with Gasteiger partial charge in [-0.15, -0.1) is 0 Å². The lowest BCUT2D eigenvalue weighted by Gasteiger charge is -2.15. The zero-order valence-electron chi connectivity index (χ0n) is 13.4. The van der Waals surface area contributed by atoms with E-state index in [0.29, 0.717) is 5.92 Å². The van der Waals surface area contributed by atoms with Crippen molar-refractivity contribution in [2.24, 2.45) is 7.05 Å². The van der Waals surface area contributed by atoms with Crippen LogP contribution in [0, 0.1) is 6.92 Å². The molecular weight excluding hydrogens is 288 g/mol. The third-order valence-electron chi connectivity index (χ3n) is 4.71. The molecule has 0 aliphatic carbocycles. The van der Waals surface area contributed by atoms with Gasteiger partial charge in [0.25, 0.3) is 5.91 Å². The Morgan fingerprint density at radius 3 is 2.96 bits per heavy atom. The van der Waals surface area contributed by atoms with Crippen LogP contribution in [0.4, 0.5) is 0 Å². The first-order valence-electron chi connectivity index (χ1n) is 7.98. The summed E-state index contributed by atoms with van der Waals surface area (Å²) in [6, 6.07) is 8.05. The van der Waals surface area contributed by atoms with Crippen LogP contribution in [0.2, 0.25) is 0 Å². The van der Waals surface area contributed by atoms with Crippen LogP contribution in [0.15, 0.2) is 36.7 Å². The lowest BCUT2D eigenvalue weighted by atomic mass is 10.1. The number of fused-ring (bicyclic) bond motifs is 1. The second kappa shape index (κ2) is 5.26. The van der Waals surface area contributed by atoms with E-state index in [1.807, 2.05) is 60.1 Å². The average Bonchev–Trinajstić information content (AvgIpc) is 3.26. The Kier molecular flexibility index (Phi) is 3.22. The molecule has 1 aliphatic heterocycles. The van der Waals surface area contributed by atoms with Crippen molar-refractivity contribution in [3.8, 4) is 0 Å². The molecule has 1 aromatic carbocycles. The number of aromatic amines is 1. The molecule has 0 spiro atoms. The van der Waals surface area contributed by atoms with Crippen LogP contribution in [0.5, 0.6) is 0 Å². The van der Waals surface area contributed by atoms with E-state index >= 15 is 0 Å². The molecule has 1 aliphatic rings. The standard InChI is InChI=1S/C18H20N4O/c1-12-9-19-17(20-12)13-7-8-22(10-13)18(23)15-11-21(2)16-6-4-3-5-14(15)16/h3-6,9,11,13H,7-8,10H2,1-2H3,(H,19,20). The number of hydrogen-bond donors (Lipinski definition) is 1. The third-order valence-corrected chi connectivity index (χ3v) is 4.71. The van der Waals surface area contributed by atoms with Crippen LogP contribution in [-0.4, -0.2) is 38.4 Å². The van der Waals surface area contributed by atoms with Gasteiger partial charge in [-0.1, -0.05) is 18.2 Å². The maximum atomic E-state index is 12.9. The highest BCUT2D eigenvalue weighted by molar-refractivity contribution is 6.07. The molecule has 0 saturated carbocycles. The van der Waals surface area contributed by atoms with Crippen LogP contribution in [-0.2, 0) is 7.05 Å². The smallest absolute Gasteiger partial charge is 0.256 e. The maximum absolute atomic E-state index is 12.9. The van der Waals surface area contributed by atoms with E-state index in [0.717, 1.165) is 47.5 Å². The minimum Gasteiger partial charge on any atom is -0.350 e. The fourth-order valence-electron chi connectivity index (χ4n) is 3.49. The van der Waals surface area contributed by atoms with E-state index in [1.165, 1.54) is 0 Å². The number of likely N-dealkylation sites (tertiary alicyclic amines) is 1. The zero-order chi connectivity index (χ0) is 16.0. The lowest BCUT2D eigenvalue weighted by Crippen LogP contribution is -2.28. The van der Waals surface area contributed by atoms with Crippen LogP contribution < -0.4 is 0 Å². The van der Waals surface area contributed by atoms with E-state index < -0.39 is 0 Å².